The molecular formula is C42H28N2. The van der Waals surface area contributed by atoms with E-state index < -0.39 is 0 Å². The summed E-state index contributed by atoms with van der Waals surface area (Å²) in [7, 11) is 0. The molecule has 0 fully saturated rings. The number of hydrogen-bond acceptors (Lipinski definition) is 2. The van der Waals surface area contributed by atoms with Crippen LogP contribution in [0.15, 0.2) is 170 Å². The first kappa shape index (κ1) is 25.8. The van der Waals surface area contributed by atoms with Crippen molar-refractivity contribution < 1.29 is 0 Å². The van der Waals surface area contributed by atoms with E-state index in [2.05, 4.69) is 164 Å². The Bertz CT molecular complexity index is 2250. The number of benzene rings is 7. The highest BCUT2D eigenvalue weighted by Gasteiger charge is 2.13. The van der Waals surface area contributed by atoms with Gasteiger partial charge in [-0.1, -0.05) is 158 Å². The van der Waals surface area contributed by atoms with Gasteiger partial charge in [0.2, 0.25) is 0 Å². The molecule has 206 valence electrons. The molecule has 0 aliphatic heterocycles. The lowest BCUT2D eigenvalue weighted by atomic mass is 9.98. The van der Waals surface area contributed by atoms with Crippen molar-refractivity contribution >= 4 is 21.5 Å². The third-order valence-electron chi connectivity index (χ3n) is 8.31. The Morgan fingerprint density at radius 3 is 1.50 bits per heavy atom. The van der Waals surface area contributed by atoms with E-state index in [1.807, 2.05) is 6.07 Å². The summed E-state index contributed by atoms with van der Waals surface area (Å²) in [5.41, 5.74) is 9.70. The molecule has 0 saturated heterocycles. The van der Waals surface area contributed by atoms with Gasteiger partial charge in [-0.2, -0.15) is 0 Å². The van der Waals surface area contributed by atoms with Crippen molar-refractivity contribution in [1.29, 1.82) is 0 Å². The second-order valence-corrected chi connectivity index (χ2v) is 11.1. The number of nitrogens with zero attached hydrogens (tertiary/aromatic N) is 2. The van der Waals surface area contributed by atoms with Crippen LogP contribution in [0.4, 0.5) is 0 Å². The maximum Gasteiger partial charge on any atom is 0.161 e. The number of hydrogen-bond donors (Lipinski definition) is 0. The smallest absolute Gasteiger partial charge is 0.161 e. The van der Waals surface area contributed by atoms with Gasteiger partial charge in [-0.05, 0) is 55.9 Å². The molecule has 0 aliphatic rings. The molecule has 8 aromatic rings. The van der Waals surface area contributed by atoms with Crippen molar-refractivity contribution in [1.82, 2.24) is 9.97 Å². The van der Waals surface area contributed by atoms with Crippen molar-refractivity contribution in [3.8, 4) is 56.2 Å². The molecule has 2 nitrogen and oxygen atoms in total. The van der Waals surface area contributed by atoms with E-state index in [0.717, 1.165) is 39.3 Å². The molecule has 7 aromatic carbocycles. The van der Waals surface area contributed by atoms with E-state index in [1.54, 1.807) is 0 Å². The SMILES string of the molecule is c1ccc(-c2ccc(-c3cc(-c4ccc(-c5ccc6ccccc6c5)cc4)nc(-c4cccc5ccccc45)n3)cc2)cc1. The Kier molecular flexibility index (Phi) is 6.51. The van der Waals surface area contributed by atoms with Crippen LogP contribution in [0.1, 0.15) is 0 Å². The second kappa shape index (κ2) is 11.1. The lowest BCUT2D eigenvalue weighted by molar-refractivity contribution is 1.19. The first-order valence-electron chi connectivity index (χ1n) is 14.9. The summed E-state index contributed by atoms with van der Waals surface area (Å²) in [6.07, 6.45) is 0. The highest BCUT2D eigenvalue weighted by atomic mass is 14.9. The average molecular weight is 561 g/mol. The summed E-state index contributed by atoms with van der Waals surface area (Å²) in [4.78, 5) is 10.3. The highest BCUT2D eigenvalue weighted by Crippen LogP contribution is 2.33. The Morgan fingerprint density at radius 2 is 0.795 bits per heavy atom. The fraction of sp³-hybridized carbons (Fsp3) is 0. The monoisotopic (exact) mass is 560 g/mol. The Morgan fingerprint density at radius 1 is 0.295 bits per heavy atom. The molecule has 1 heterocycles. The molecule has 0 radical (unpaired) electrons. The third-order valence-corrected chi connectivity index (χ3v) is 8.31. The van der Waals surface area contributed by atoms with Crippen LogP contribution in [-0.4, -0.2) is 9.97 Å². The van der Waals surface area contributed by atoms with Gasteiger partial charge >= 0.3 is 0 Å². The standard InChI is InChI=1S/C42H28N2/c1-2-9-29(10-3-1)31-17-22-34(23-18-31)40-28-41(44-42(43-40)39-16-8-14-33-12-6-7-15-38(33)39)35-24-19-32(20-25-35)37-26-21-30-11-4-5-13-36(30)27-37/h1-28H. The van der Waals surface area contributed by atoms with Crippen molar-refractivity contribution in [3.63, 3.8) is 0 Å². The van der Waals surface area contributed by atoms with E-state index in [1.165, 1.54) is 38.4 Å². The van der Waals surface area contributed by atoms with E-state index >= 15 is 0 Å². The van der Waals surface area contributed by atoms with Crippen LogP contribution in [0, 0.1) is 0 Å². The van der Waals surface area contributed by atoms with Crippen LogP contribution in [0.25, 0.3) is 77.7 Å². The molecule has 0 saturated carbocycles. The van der Waals surface area contributed by atoms with E-state index in [-0.39, 0.29) is 0 Å². The van der Waals surface area contributed by atoms with Crippen LogP contribution in [0.5, 0.6) is 0 Å². The van der Waals surface area contributed by atoms with E-state index in [4.69, 9.17) is 9.97 Å². The molecule has 0 amide bonds. The van der Waals surface area contributed by atoms with Crippen LogP contribution in [0.2, 0.25) is 0 Å². The molecule has 1 aromatic heterocycles. The second-order valence-electron chi connectivity index (χ2n) is 11.1. The molecule has 0 N–H and O–H groups in total. The Hall–Kier alpha value is -5.86. The van der Waals surface area contributed by atoms with Gasteiger partial charge in [0, 0.05) is 16.7 Å². The molecule has 44 heavy (non-hydrogen) atoms. The predicted octanol–water partition coefficient (Wildman–Crippen LogP) is 11.1. The zero-order valence-electron chi connectivity index (χ0n) is 24.1. The lowest BCUT2D eigenvalue weighted by Gasteiger charge is -2.12. The fourth-order valence-corrected chi connectivity index (χ4v) is 5.95. The van der Waals surface area contributed by atoms with E-state index in [0.29, 0.717) is 0 Å². The number of rotatable bonds is 5. The van der Waals surface area contributed by atoms with Gasteiger partial charge in [-0.15, -0.1) is 0 Å². The van der Waals surface area contributed by atoms with Gasteiger partial charge in [0.25, 0.3) is 0 Å². The zero-order valence-corrected chi connectivity index (χ0v) is 24.1. The maximum atomic E-state index is 5.15. The van der Waals surface area contributed by atoms with Crippen LogP contribution >= 0.6 is 0 Å². The largest absolute Gasteiger partial charge is 0.228 e. The van der Waals surface area contributed by atoms with Crippen LogP contribution in [-0.2, 0) is 0 Å². The van der Waals surface area contributed by atoms with Gasteiger partial charge in [-0.3, -0.25) is 0 Å². The van der Waals surface area contributed by atoms with Crippen LogP contribution in [0.3, 0.4) is 0 Å². The van der Waals surface area contributed by atoms with Crippen molar-refractivity contribution in [3.05, 3.63) is 170 Å². The fourth-order valence-electron chi connectivity index (χ4n) is 5.95. The first-order valence-corrected chi connectivity index (χ1v) is 14.9. The minimum Gasteiger partial charge on any atom is -0.228 e. The summed E-state index contributed by atoms with van der Waals surface area (Å²) in [6, 6.07) is 59.8. The summed E-state index contributed by atoms with van der Waals surface area (Å²) in [6.45, 7) is 0. The van der Waals surface area contributed by atoms with Gasteiger partial charge in [0.15, 0.2) is 5.82 Å². The van der Waals surface area contributed by atoms with Gasteiger partial charge < -0.3 is 0 Å². The zero-order chi connectivity index (χ0) is 29.3. The molecule has 2 heteroatoms. The van der Waals surface area contributed by atoms with Crippen molar-refractivity contribution in [2.24, 2.45) is 0 Å². The van der Waals surface area contributed by atoms with Crippen molar-refractivity contribution in [2.45, 2.75) is 0 Å². The van der Waals surface area contributed by atoms with Crippen LogP contribution < -0.4 is 0 Å². The molecule has 0 unspecified atom stereocenters. The Labute approximate surface area is 257 Å². The van der Waals surface area contributed by atoms with Gasteiger partial charge in [0.1, 0.15) is 0 Å². The van der Waals surface area contributed by atoms with Gasteiger partial charge in [0.05, 0.1) is 11.4 Å². The summed E-state index contributed by atoms with van der Waals surface area (Å²) in [5.74, 6) is 0.722. The third kappa shape index (κ3) is 4.93. The Balaban J connectivity index is 1.23. The minimum absolute atomic E-state index is 0.722. The molecule has 0 bridgehead atoms. The minimum atomic E-state index is 0.722. The first-order chi connectivity index (χ1) is 21.8. The molecule has 0 aliphatic carbocycles. The predicted molar refractivity (Wildman–Crippen MR) is 184 cm³/mol. The average Bonchev–Trinajstić information content (AvgIpc) is 3.11. The summed E-state index contributed by atoms with van der Waals surface area (Å²) >= 11 is 0. The topological polar surface area (TPSA) is 25.8 Å². The highest BCUT2D eigenvalue weighted by molar-refractivity contribution is 5.95. The normalized spacial score (nSPS) is 11.2. The molecule has 0 spiro atoms. The van der Waals surface area contributed by atoms with E-state index in [9.17, 15) is 0 Å². The number of fused-ring (bicyclic) bond motifs is 2. The molecular weight excluding hydrogens is 532 g/mol. The number of aromatic nitrogens is 2. The molecule has 8 rings (SSSR count). The van der Waals surface area contributed by atoms with Crippen molar-refractivity contribution in [2.75, 3.05) is 0 Å². The molecule has 0 atom stereocenters. The van der Waals surface area contributed by atoms with Gasteiger partial charge in [-0.25, -0.2) is 9.97 Å². The quantitative estimate of drug-likeness (QED) is 0.209. The summed E-state index contributed by atoms with van der Waals surface area (Å²) in [5, 5.41) is 4.81. The maximum absolute atomic E-state index is 5.15. The summed E-state index contributed by atoms with van der Waals surface area (Å²) < 4.78 is 0. The lowest BCUT2D eigenvalue weighted by Crippen LogP contribution is -1.96.